The van der Waals surface area contributed by atoms with Crippen LogP contribution < -0.4 is 15.8 Å². The number of ether oxygens (including phenoxy) is 4. The van der Waals surface area contributed by atoms with Gasteiger partial charge >= 0.3 is 11.8 Å². The van der Waals surface area contributed by atoms with Gasteiger partial charge in [-0.05, 0) is 19.9 Å². The van der Waals surface area contributed by atoms with Crippen molar-refractivity contribution in [1.29, 1.82) is 0 Å². The number of carbonyl (C=O) groups is 5. The molecule has 1 amide bonds. The Morgan fingerprint density at radius 3 is 2.20 bits per heavy atom. The topological polar surface area (TPSA) is 221 Å². The Labute approximate surface area is 296 Å². The zero-order valence-electron chi connectivity index (χ0n) is 30.1. The van der Waals surface area contributed by atoms with Crippen molar-refractivity contribution in [2.45, 2.75) is 85.6 Å². The third kappa shape index (κ3) is 7.08. The number of nitrogens with two attached hydrogens (primary N) is 1. The number of hydrogen-bond donors (Lipinski definition) is 5. The van der Waals surface area contributed by atoms with E-state index in [4.69, 9.17) is 24.7 Å². The van der Waals surface area contributed by atoms with Gasteiger partial charge in [-0.3, -0.25) is 24.0 Å². The molecule has 3 heterocycles. The van der Waals surface area contributed by atoms with Gasteiger partial charge in [0.05, 0.1) is 41.3 Å². The molecule has 0 saturated carbocycles. The lowest BCUT2D eigenvalue weighted by atomic mass is 9.78. The molecule has 0 spiro atoms. The highest BCUT2D eigenvalue weighted by Crippen LogP contribution is 2.48. The van der Waals surface area contributed by atoms with Crippen LogP contribution in [0.4, 0.5) is 0 Å². The molecule has 5 bridgehead atoms. The Kier molecular flexibility index (Phi) is 11.3. The van der Waals surface area contributed by atoms with Crippen LogP contribution in [0.15, 0.2) is 47.5 Å². The molecule has 3 aliphatic heterocycles. The Morgan fingerprint density at radius 2 is 1.59 bits per heavy atom. The molecule has 14 heteroatoms. The smallest absolute Gasteiger partial charge is 0.312 e. The Balaban J connectivity index is 1.86. The van der Waals surface area contributed by atoms with E-state index in [-0.39, 0.29) is 22.4 Å². The highest BCUT2D eigenvalue weighted by molar-refractivity contribution is 6.32. The molecule has 1 aromatic rings. The molecule has 9 atom stereocenters. The molecule has 0 unspecified atom stereocenters. The van der Waals surface area contributed by atoms with Crippen molar-refractivity contribution in [2.24, 2.45) is 29.4 Å². The number of aliphatic hydroxyl groups is 2. The van der Waals surface area contributed by atoms with E-state index >= 15 is 0 Å². The lowest BCUT2D eigenvalue weighted by Crippen LogP contribution is -2.46. The van der Waals surface area contributed by atoms with Gasteiger partial charge in [0.1, 0.15) is 29.0 Å². The van der Waals surface area contributed by atoms with E-state index in [1.807, 2.05) is 0 Å². The quantitative estimate of drug-likeness (QED) is 0.279. The maximum atomic E-state index is 13.9. The van der Waals surface area contributed by atoms with E-state index in [9.17, 15) is 39.3 Å². The van der Waals surface area contributed by atoms with E-state index in [1.165, 1.54) is 53.0 Å². The van der Waals surface area contributed by atoms with Crippen LogP contribution in [0.25, 0.3) is 0 Å². The van der Waals surface area contributed by atoms with Crippen molar-refractivity contribution in [3.8, 4) is 11.5 Å². The highest BCUT2D eigenvalue weighted by Gasteiger charge is 2.52. The predicted molar refractivity (Wildman–Crippen MR) is 182 cm³/mol. The van der Waals surface area contributed by atoms with Crippen LogP contribution in [0, 0.1) is 30.6 Å². The van der Waals surface area contributed by atoms with Crippen LogP contribution in [-0.4, -0.2) is 81.9 Å². The number of allylic oxidation sites excluding steroid dienone is 4. The molecule has 6 N–H and O–H groups in total. The van der Waals surface area contributed by atoms with Crippen LogP contribution in [-0.2, 0) is 23.8 Å². The van der Waals surface area contributed by atoms with Crippen LogP contribution >= 0.6 is 0 Å². The predicted octanol–water partition coefficient (Wildman–Crippen LogP) is 2.92. The zero-order valence-corrected chi connectivity index (χ0v) is 30.1. The molecule has 0 aromatic heterocycles. The van der Waals surface area contributed by atoms with E-state index < -0.39 is 111 Å². The van der Waals surface area contributed by atoms with Crippen molar-refractivity contribution in [3.05, 3.63) is 69.8 Å². The number of rotatable bonds is 2. The first-order valence-corrected chi connectivity index (χ1v) is 16.6. The molecule has 51 heavy (non-hydrogen) atoms. The fraction of sp³-hybridized carbons (Fsp3) is 0.486. The number of aromatic hydroxyl groups is 1. The lowest BCUT2D eigenvalue weighted by Gasteiger charge is -2.38. The minimum atomic E-state index is -2.08. The molecule has 14 nitrogen and oxygen atoms in total. The normalized spacial score (nSPS) is 34.2. The highest BCUT2D eigenvalue weighted by atomic mass is 16.7. The van der Waals surface area contributed by atoms with Crippen molar-refractivity contribution < 1.29 is 58.2 Å². The van der Waals surface area contributed by atoms with Crippen molar-refractivity contribution in [3.63, 3.8) is 0 Å². The number of Topliss-reactive ketones (excluding diaryl/α,β-unsaturated/α-hetero) is 3. The Morgan fingerprint density at radius 1 is 0.941 bits per heavy atom. The summed E-state index contributed by atoms with van der Waals surface area (Å²) in [6.07, 6.45) is 3.25. The number of ketones is 3. The molecule has 276 valence electrons. The first-order valence-electron chi connectivity index (χ1n) is 16.6. The number of amides is 1. The van der Waals surface area contributed by atoms with E-state index in [1.54, 1.807) is 33.8 Å². The van der Waals surface area contributed by atoms with E-state index in [0.29, 0.717) is 0 Å². The molecule has 0 saturated heterocycles. The first-order chi connectivity index (χ1) is 23.8. The number of aliphatic hydroxyl groups excluding tert-OH is 2. The number of methoxy groups -OCH3 is 1. The van der Waals surface area contributed by atoms with Crippen molar-refractivity contribution >= 4 is 29.2 Å². The molecule has 0 fully saturated rings. The van der Waals surface area contributed by atoms with Crippen LogP contribution in [0.5, 0.6) is 11.5 Å². The summed E-state index contributed by atoms with van der Waals surface area (Å²) in [6, 6.07) is 0. The number of esters is 1. The fourth-order valence-electron chi connectivity index (χ4n) is 6.72. The molecular formula is C37H46N2O12. The van der Waals surface area contributed by atoms with Gasteiger partial charge in [-0.1, -0.05) is 45.9 Å². The minimum absolute atomic E-state index is 0.0295. The van der Waals surface area contributed by atoms with Gasteiger partial charge in [0.25, 0.3) is 11.7 Å². The van der Waals surface area contributed by atoms with Gasteiger partial charge in [0.2, 0.25) is 11.6 Å². The van der Waals surface area contributed by atoms with Gasteiger partial charge in [0.15, 0.2) is 0 Å². The summed E-state index contributed by atoms with van der Waals surface area (Å²) < 4.78 is 23.1. The number of phenols is 1. The molecular weight excluding hydrogens is 664 g/mol. The average Bonchev–Trinajstić information content (AvgIpc) is 3.35. The van der Waals surface area contributed by atoms with Gasteiger partial charge in [0, 0.05) is 55.8 Å². The molecule has 1 aliphatic carbocycles. The second-order valence-electron chi connectivity index (χ2n) is 13.6. The summed E-state index contributed by atoms with van der Waals surface area (Å²) in [5, 5.41) is 36.1. The zero-order chi connectivity index (χ0) is 38.3. The third-order valence-corrected chi connectivity index (χ3v) is 9.99. The van der Waals surface area contributed by atoms with Crippen LogP contribution in [0.1, 0.15) is 85.1 Å². The molecule has 1 aromatic carbocycles. The summed E-state index contributed by atoms with van der Waals surface area (Å²) in [5.74, 6) is -9.62. The number of carbonyl (C=O) groups excluding carboxylic acids is 5. The summed E-state index contributed by atoms with van der Waals surface area (Å²) in [7, 11) is 1.41. The Bertz CT molecular complexity index is 1770. The lowest BCUT2D eigenvalue weighted by molar-refractivity contribution is -0.160. The van der Waals surface area contributed by atoms with E-state index in [2.05, 4.69) is 5.32 Å². The largest absolute Gasteiger partial charge is 0.507 e. The number of fused-ring (bicyclic) bond motifs is 14. The first kappa shape index (κ1) is 39.0. The monoisotopic (exact) mass is 710 g/mol. The molecule has 0 radical (unpaired) electrons. The second kappa shape index (κ2) is 14.8. The third-order valence-electron chi connectivity index (χ3n) is 9.99. The number of benzene rings is 1. The average molecular weight is 711 g/mol. The van der Waals surface area contributed by atoms with Gasteiger partial charge in [-0.15, -0.1) is 0 Å². The summed E-state index contributed by atoms with van der Waals surface area (Å²) >= 11 is 0. The fourth-order valence-corrected chi connectivity index (χ4v) is 6.72. The van der Waals surface area contributed by atoms with Gasteiger partial charge < -0.3 is 45.3 Å². The maximum Gasteiger partial charge on any atom is 0.312 e. The molecule has 4 aliphatic rings. The van der Waals surface area contributed by atoms with Crippen molar-refractivity contribution in [2.75, 3.05) is 7.11 Å². The second-order valence-corrected chi connectivity index (χ2v) is 13.6. The number of phenolic OH excluding ortho intramolecular Hbond substituents is 1. The van der Waals surface area contributed by atoms with Gasteiger partial charge in [-0.2, -0.15) is 0 Å². The van der Waals surface area contributed by atoms with Gasteiger partial charge in [-0.25, -0.2) is 0 Å². The standard InChI is InChI=1S/C37H46N2O12/c1-15-11-10-12-16(2)36(47)39-27-26(38)31(44)23-24(32(27)45)30(43)20(6)34-25(23)35(46)37(8,51-34)49-14-13-22(48-9)17(3)33(50-21(7)40)19(5)29(42)18(4)28(15)41/h10-15,17-19,22,28-29,33,41-43H,38H2,1-9H3,(H,39,47)/b11-10+,14-13+,16-12-/t15-,17+,18+,19-,22-,28-,29-,33+,37-/m0/s1. The number of nitrogens with one attached hydrogen (secondary N) is 1. The summed E-state index contributed by atoms with van der Waals surface area (Å²) in [5.41, 5.74) is 3.62. The minimum Gasteiger partial charge on any atom is -0.507 e. The molecule has 5 rings (SSSR count). The van der Waals surface area contributed by atoms with Crippen molar-refractivity contribution in [1.82, 2.24) is 5.32 Å². The van der Waals surface area contributed by atoms with Crippen LogP contribution in [0.3, 0.4) is 0 Å². The van der Waals surface area contributed by atoms with Crippen LogP contribution in [0.2, 0.25) is 0 Å². The SMILES string of the molecule is CO[C@H]1/C=C/O[C@@]2(C)Oc3c(C)c(O)c4c(c3C2=O)C(=O)C(N)=C(NC(=O)/C(C)=C\C=C\[C@H](C)[C@H](O)[C@@H](C)[C@H](O)[C@H](C)[C@H](OC(C)=O)[C@@H]1C)C4=O. The Hall–Kier alpha value is -4.79. The summed E-state index contributed by atoms with van der Waals surface area (Å²) in [4.78, 5) is 66.8. The maximum absolute atomic E-state index is 13.9. The van der Waals surface area contributed by atoms with E-state index in [0.717, 1.165) is 6.26 Å². The number of hydrogen-bond acceptors (Lipinski definition) is 13. The summed E-state index contributed by atoms with van der Waals surface area (Å²) in [6.45, 7) is 12.2.